The molecular formula is C30H41NO4. The molecule has 1 spiro atoms. The van der Waals surface area contributed by atoms with Crippen molar-refractivity contribution in [2.24, 2.45) is 0 Å². The third-order valence-corrected chi connectivity index (χ3v) is 7.41. The van der Waals surface area contributed by atoms with Gasteiger partial charge in [0, 0.05) is 23.6 Å². The molecule has 2 heterocycles. The Morgan fingerprint density at radius 3 is 2.37 bits per heavy atom. The second kappa shape index (κ2) is 10.6. The van der Waals surface area contributed by atoms with Crippen molar-refractivity contribution in [1.82, 2.24) is 4.90 Å². The van der Waals surface area contributed by atoms with E-state index in [1.807, 2.05) is 20.8 Å². The van der Waals surface area contributed by atoms with Crippen molar-refractivity contribution in [3.63, 3.8) is 0 Å². The molecule has 2 aromatic rings. The molecule has 4 rings (SSSR count). The summed E-state index contributed by atoms with van der Waals surface area (Å²) in [4.78, 5) is 14.5. The van der Waals surface area contributed by atoms with E-state index < -0.39 is 5.60 Å². The van der Waals surface area contributed by atoms with Gasteiger partial charge in [0.1, 0.15) is 23.7 Å². The van der Waals surface area contributed by atoms with Crippen LogP contribution in [0.5, 0.6) is 11.5 Å². The molecule has 0 N–H and O–H groups in total. The fourth-order valence-electron chi connectivity index (χ4n) is 5.40. The van der Waals surface area contributed by atoms with E-state index in [1.165, 1.54) is 22.3 Å². The van der Waals surface area contributed by atoms with Crippen LogP contribution in [0, 0.1) is 0 Å². The fraction of sp³-hybridized carbons (Fsp3) is 0.567. The summed E-state index contributed by atoms with van der Waals surface area (Å²) in [6.45, 7) is 14.1. The second-order valence-electron chi connectivity index (χ2n) is 11.0. The normalized spacial score (nSPS) is 17.2. The van der Waals surface area contributed by atoms with Gasteiger partial charge in [0.15, 0.2) is 0 Å². The van der Waals surface area contributed by atoms with Gasteiger partial charge in [0.2, 0.25) is 0 Å². The van der Waals surface area contributed by atoms with Crippen LogP contribution in [0.15, 0.2) is 36.4 Å². The summed E-state index contributed by atoms with van der Waals surface area (Å²) < 4.78 is 17.9. The highest BCUT2D eigenvalue weighted by atomic mass is 16.6. The van der Waals surface area contributed by atoms with Gasteiger partial charge < -0.3 is 19.1 Å². The molecule has 5 nitrogen and oxygen atoms in total. The van der Waals surface area contributed by atoms with Crippen LogP contribution in [0.4, 0.5) is 0 Å². The summed E-state index contributed by atoms with van der Waals surface area (Å²) in [6, 6.07) is 12.9. The number of rotatable bonds is 8. The minimum atomic E-state index is -0.422. The summed E-state index contributed by atoms with van der Waals surface area (Å²) >= 11 is 0. The maximum Gasteiger partial charge on any atom is 0.307 e. The van der Waals surface area contributed by atoms with Crippen molar-refractivity contribution < 1.29 is 19.0 Å². The number of nitrogens with zero attached hydrogens (tertiary/aromatic N) is 1. The van der Waals surface area contributed by atoms with Gasteiger partial charge in [-0.3, -0.25) is 4.79 Å². The summed E-state index contributed by atoms with van der Waals surface area (Å²) in [6.07, 6.45) is 4.55. The number of hydrogen-bond donors (Lipinski definition) is 0. The third kappa shape index (κ3) is 6.00. The van der Waals surface area contributed by atoms with Gasteiger partial charge in [-0.25, -0.2) is 0 Å². The number of carbonyl (C=O) groups excluding carboxylic acids is 1. The highest BCUT2D eigenvalue weighted by Gasteiger charge is 2.43. The smallest absolute Gasteiger partial charge is 0.307 e. The zero-order valence-corrected chi connectivity index (χ0v) is 22.1. The Kier molecular flexibility index (Phi) is 7.75. The SMILES string of the molecule is CCc1cccc(CC)c1COc1ccc2c(c1)OCC21CCN(CCC(=O)OC(C)(C)C)CC1. The lowest BCUT2D eigenvalue weighted by Crippen LogP contribution is -2.44. The second-order valence-corrected chi connectivity index (χ2v) is 11.0. The first-order valence-electron chi connectivity index (χ1n) is 13.2. The first-order valence-corrected chi connectivity index (χ1v) is 13.2. The average Bonchev–Trinajstić information content (AvgIpc) is 3.18. The number of benzene rings is 2. The van der Waals surface area contributed by atoms with Crippen LogP contribution in [-0.2, 0) is 34.4 Å². The molecule has 35 heavy (non-hydrogen) atoms. The Hall–Kier alpha value is -2.53. The Balaban J connectivity index is 1.35. The van der Waals surface area contributed by atoms with Crippen LogP contribution in [0.2, 0.25) is 0 Å². The fourth-order valence-corrected chi connectivity index (χ4v) is 5.40. The van der Waals surface area contributed by atoms with E-state index in [0.29, 0.717) is 13.0 Å². The lowest BCUT2D eigenvalue weighted by molar-refractivity contribution is -0.155. The standard InChI is InChI=1S/C30H41NO4/c1-6-22-9-8-10-23(7-2)25(22)20-33-24-11-12-26-27(19-24)34-21-30(26)14-17-31(18-15-30)16-13-28(32)35-29(3,4)5/h8-12,19H,6-7,13-18,20-21H2,1-5H3. The van der Waals surface area contributed by atoms with Crippen LogP contribution < -0.4 is 9.47 Å². The van der Waals surface area contributed by atoms with Crippen molar-refractivity contribution in [1.29, 1.82) is 0 Å². The Labute approximate surface area is 210 Å². The largest absolute Gasteiger partial charge is 0.492 e. The van der Waals surface area contributed by atoms with Gasteiger partial charge in [-0.1, -0.05) is 38.1 Å². The van der Waals surface area contributed by atoms with E-state index >= 15 is 0 Å². The highest BCUT2D eigenvalue weighted by molar-refractivity contribution is 5.70. The van der Waals surface area contributed by atoms with Gasteiger partial charge in [-0.05, 0) is 82.3 Å². The van der Waals surface area contributed by atoms with Crippen molar-refractivity contribution in [2.75, 3.05) is 26.2 Å². The third-order valence-electron chi connectivity index (χ3n) is 7.41. The highest BCUT2D eigenvalue weighted by Crippen LogP contribution is 2.46. The van der Waals surface area contributed by atoms with Crippen molar-refractivity contribution in [3.05, 3.63) is 58.7 Å². The molecule has 5 heteroatoms. The Morgan fingerprint density at radius 2 is 1.74 bits per heavy atom. The number of esters is 1. The maximum atomic E-state index is 12.1. The van der Waals surface area contributed by atoms with Crippen LogP contribution in [0.3, 0.4) is 0 Å². The van der Waals surface area contributed by atoms with Gasteiger partial charge in [-0.2, -0.15) is 0 Å². The van der Waals surface area contributed by atoms with Gasteiger partial charge in [0.05, 0.1) is 13.0 Å². The molecule has 1 saturated heterocycles. The molecule has 0 unspecified atom stereocenters. The van der Waals surface area contributed by atoms with E-state index in [9.17, 15) is 4.79 Å². The quantitative estimate of drug-likeness (QED) is 0.445. The molecule has 0 aliphatic carbocycles. The molecule has 2 aliphatic heterocycles. The molecule has 0 radical (unpaired) electrons. The Morgan fingerprint density at radius 1 is 1.06 bits per heavy atom. The first-order chi connectivity index (χ1) is 16.7. The number of hydrogen-bond acceptors (Lipinski definition) is 5. The monoisotopic (exact) mass is 479 g/mol. The number of piperidine rings is 1. The average molecular weight is 480 g/mol. The molecule has 1 fully saturated rings. The van der Waals surface area contributed by atoms with E-state index in [4.69, 9.17) is 14.2 Å². The molecule has 0 aromatic heterocycles. The number of aryl methyl sites for hydroxylation is 2. The minimum Gasteiger partial charge on any atom is -0.492 e. The number of carbonyl (C=O) groups is 1. The summed E-state index contributed by atoms with van der Waals surface area (Å²) in [5.74, 6) is 1.71. The first kappa shape index (κ1) is 25.6. The van der Waals surface area contributed by atoms with Crippen molar-refractivity contribution >= 4 is 5.97 Å². The molecule has 2 aromatic carbocycles. The molecule has 2 aliphatic rings. The molecule has 0 bridgehead atoms. The zero-order chi connectivity index (χ0) is 25.1. The number of fused-ring (bicyclic) bond motifs is 2. The molecular weight excluding hydrogens is 438 g/mol. The van der Waals surface area contributed by atoms with E-state index in [-0.39, 0.29) is 11.4 Å². The van der Waals surface area contributed by atoms with Crippen molar-refractivity contribution in [2.45, 2.75) is 84.3 Å². The maximum absolute atomic E-state index is 12.1. The summed E-state index contributed by atoms with van der Waals surface area (Å²) in [5, 5.41) is 0. The van der Waals surface area contributed by atoms with E-state index in [2.05, 4.69) is 55.1 Å². The van der Waals surface area contributed by atoms with Gasteiger partial charge in [-0.15, -0.1) is 0 Å². The van der Waals surface area contributed by atoms with Crippen LogP contribution in [0.1, 0.15) is 76.1 Å². The predicted octanol–water partition coefficient (Wildman–Crippen LogP) is 5.85. The zero-order valence-electron chi connectivity index (χ0n) is 22.1. The number of likely N-dealkylation sites (tertiary alicyclic amines) is 1. The topological polar surface area (TPSA) is 48.0 Å². The molecule has 0 amide bonds. The van der Waals surface area contributed by atoms with Crippen molar-refractivity contribution in [3.8, 4) is 11.5 Å². The molecule has 0 atom stereocenters. The lowest BCUT2D eigenvalue weighted by Gasteiger charge is -2.38. The minimum absolute atomic E-state index is 0.0699. The van der Waals surface area contributed by atoms with E-state index in [0.717, 1.165) is 63.4 Å². The van der Waals surface area contributed by atoms with Gasteiger partial charge in [0.25, 0.3) is 0 Å². The number of ether oxygens (including phenoxy) is 3. The lowest BCUT2D eigenvalue weighted by atomic mass is 9.74. The molecule has 190 valence electrons. The van der Waals surface area contributed by atoms with Gasteiger partial charge >= 0.3 is 5.97 Å². The summed E-state index contributed by atoms with van der Waals surface area (Å²) in [7, 11) is 0. The van der Waals surface area contributed by atoms with E-state index in [1.54, 1.807) is 0 Å². The predicted molar refractivity (Wildman–Crippen MR) is 139 cm³/mol. The summed E-state index contributed by atoms with van der Waals surface area (Å²) in [5.41, 5.74) is 4.99. The van der Waals surface area contributed by atoms with Crippen LogP contribution in [0.25, 0.3) is 0 Å². The van der Waals surface area contributed by atoms with Crippen LogP contribution >= 0.6 is 0 Å². The van der Waals surface area contributed by atoms with Crippen LogP contribution in [-0.4, -0.2) is 42.7 Å². The molecule has 0 saturated carbocycles. The Bertz CT molecular complexity index is 1010.